The van der Waals surface area contributed by atoms with E-state index in [-0.39, 0.29) is 35.6 Å². The van der Waals surface area contributed by atoms with Crippen molar-refractivity contribution in [3.8, 4) is 0 Å². The van der Waals surface area contributed by atoms with E-state index >= 15 is 0 Å². The van der Waals surface area contributed by atoms with Crippen molar-refractivity contribution in [2.24, 2.45) is 0 Å². The molecule has 12 heteroatoms. The molecule has 0 fully saturated rings. The average Bonchev–Trinajstić information content (AvgIpc) is 2.64. The first-order chi connectivity index (χ1) is 13.2. The number of benzene rings is 2. The molecule has 0 aliphatic rings. The van der Waals surface area contributed by atoms with Crippen LogP contribution in [0, 0.1) is 40.5 Å². The van der Waals surface area contributed by atoms with Crippen molar-refractivity contribution in [2.75, 3.05) is 0 Å². The largest absolute Gasteiger partial charge is 0.279 e. The Morgan fingerprint density at radius 3 is 1.21 bits per heavy atom. The van der Waals surface area contributed by atoms with E-state index in [1.807, 2.05) is 0 Å². The summed E-state index contributed by atoms with van der Waals surface area (Å²) in [6.45, 7) is 0. The number of nitro groups is 4. The highest BCUT2D eigenvalue weighted by molar-refractivity contribution is 5.50. The number of hydrogen-bond donors (Lipinski definition) is 0. The molecule has 0 amide bonds. The fourth-order valence-corrected chi connectivity index (χ4v) is 2.73. The van der Waals surface area contributed by atoms with Gasteiger partial charge in [-0.15, -0.1) is 0 Å². The summed E-state index contributed by atoms with van der Waals surface area (Å²) in [6, 6.07) is 6.81. The summed E-state index contributed by atoms with van der Waals surface area (Å²) in [7, 11) is 0. The summed E-state index contributed by atoms with van der Waals surface area (Å²) in [5, 5.41) is 43.7. The molecule has 0 spiro atoms. The van der Waals surface area contributed by atoms with E-state index in [9.17, 15) is 40.5 Å². The Bertz CT molecular complexity index is 882. The minimum absolute atomic E-state index is 0.259. The van der Waals surface area contributed by atoms with Crippen molar-refractivity contribution < 1.29 is 19.7 Å². The van der Waals surface area contributed by atoms with Crippen LogP contribution in [0.2, 0.25) is 0 Å². The normalized spacial score (nSPS) is 10.4. The molecule has 0 aromatic heterocycles. The van der Waals surface area contributed by atoms with Crippen LogP contribution in [0.1, 0.15) is 24.0 Å². The Hall–Kier alpha value is -3.96. The van der Waals surface area contributed by atoms with Crippen LogP contribution in [0.25, 0.3) is 0 Å². The highest BCUT2D eigenvalue weighted by Crippen LogP contribution is 2.28. The van der Waals surface area contributed by atoms with Gasteiger partial charge in [0.1, 0.15) is 0 Å². The van der Waals surface area contributed by atoms with Crippen LogP contribution >= 0.6 is 0 Å². The average molecular weight is 390 g/mol. The van der Waals surface area contributed by atoms with Gasteiger partial charge in [-0.25, -0.2) is 0 Å². The molecule has 0 atom stereocenters. The van der Waals surface area contributed by atoms with Gasteiger partial charge in [0, 0.05) is 23.3 Å². The Morgan fingerprint density at radius 2 is 0.929 bits per heavy atom. The molecule has 2 rings (SSSR count). The lowest BCUT2D eigenvalue weighted by Gasteiger charge is -2.05. The Morgan fingerprint density at radius 1 is 0.571 bits per heavy atom. The summed E-state index contributed by atoms with van der Waals surface area (Å²) in [5.74, 6) is 0. The summed E-state index contributed by atoms with van der Waals surface area (Å²) in [4.78, 5) is 40.9. The summed E-state index contributed by atoms with van der Waals surface area (Å²) in [6.07, 6.45) is 1.39. The highest BCUT2D eigenvalue weighted by Gasteiger charge is 2.20. The molecular formula is C16H14N4O8. The molecule has 2 aromatic carbocycles. The third-order valence-corrected chi connectivity index (χ3v) is 4.10. The standard InChI is InChI=1S/C16H14N4O8/c21-17(22)13-7-5-11(15(9-13)19(25)26)3-1-2-4-12-6-8-14(18(23)24)10-16(12)20(27)28/h5-10H,1-4H2. The maximum absolute atomic E-state index is 11.1. The van der Waals surface area contributed by atoms with E-state index in [0.717, 1.165) is 12.1 Å². The van der Waals surface area contributed by atoms with Crippen molar-refractivity contribution >= 4 is 22.7 Å². The van der Waals surface area contributed by atoms with Crippen molar-refractivity contribution in [3.05, 3.63) is 88.0 Å². The molecule has 0 aliphatic heterocycles. The van der Waals surface area contributed by atoms with E-state index < -0.39 is 19.7 Å². The second-order valence-electron chi connectivity index (χ2n) is 5.86. The zero-order chi connectivity index (χ0) is 20.8. The van der Waals surface area contributed by atoms with Gasteiger partial charge in [0.2, 0.25) is 0 Å². The van der Waals surface area contributed by atoms with E-state index in [1.54, 1.807) is 0 Å². The number of nitrogens with zero attached hydrogens (tertiary/aromatic N) is 4. The van der Waals surface area contributed by atoms with Gasteiger partial charge < -0.3 is 0 Å². The van der Waals surface area contributed by atoms with Gasteiger partial charge in [-0.3, -0.25) is 40.5 Å². The predicted molar refractivity (Wildman–Crippen MR) is 96.1 cm³/mol. The molecule has 0 aliphatic carbocycles. The predicted octanol–water partition coefficient (Wildman–Crippen LogP) is 3.88. The molecular weight excluding hydrogens is 376 g/mol. The maximum atomic E-state index is 11.1. The first-order valence-electron chi connectivity index (χ1n) is 8.04. The van der Waals surface area contributed by atoms with Crippen LogP contribution in [0.5, 0.6) is 0 Å². The van der Waals surface area contributed by atoms with Crippen molar-refractivity contribution in [1.82, 2.24) is 0 Å². The van der Waals surface area contributed by atoms with Gasteiger partial charge in [-0.1, -0.05) is 0 Å². The molecule has 0 saturated carbocycles. The molecule has 0 heterocycles. The third-order valence-electron chi connectivity index (χ3n) is 4.10. The summed E-state index contributed by atoms with van der Waals surface area (Å²) in [5.41, 5.74) is -0.803. The van der Waals surface area contributed by atoms with Crippen LogP contribution in [-0.2, 0) is 12.8 Å². The van der Waals surface area contributed by atoms with Crippen molar-refractivity contribution in [1.29, 1.82) is 0 Å². The summed E-state index contributed by atoms with van der Waals surface area (Å²) >= 11 is 0. The molecule has 12 nitrogen and oxygen atoms in total. The van der Waals surface area contributed by atoms with E-state index in [1.165, 1.54) is 24.3 Å². The lowest BCUT2D eigenvalue weighted by Crippen LogP contribution is -2.00. The molecule has 0 N–H and O–H groups in total. The second-order valence-corrected chi connectivity index (χ2v) is 5.86. The van der Waals surface area contributed by atoms with Crippen molar-refractivity contribution in [2.45, 2.75) is 25.7 Å². The summed E-state index contributed by atoms with van der Waals surface area (Å²) < 4.78 is 0. The zero-order valence-corrected chi connectivity index (χ0v) is 14.3. The number of unbranched alkanes of at least 4 members (excludes halogenated alkanes) is 1. The molecule has 28 heavy (non-hydrogen) atoms. The van der Waals surface area contributed by atoms with Gasteiger partial charge in [-0.2, -0.15) is 0 Å². The van der Waals surface area contributed by atoms with Gasteiger partial charge >= 0.3 is 0 Å². The minimum atomic E-state index is -0.718. The van der Waals surface area contributed by atoms with Gasteiger partial charge in [0.25, 0.3) is 22.7 Å². The SMILES string of the molecule is O=[N+]([O-])c1ccc(CCCCc2ccc([N+](=O)[O-])cc2[N+](=O)[O-])c([N+](=O)[O-])c1. The van der Waals surface area contributed by atoms with Gasteiger partial charge in [0.15, 0.2) is 0 Å². The molecule has 0 unspecified atom stereocenters. The number of hydrogen-bond acceptors (Lipinski definition) is 8. The topological polar surface area (TPSA) is 173 Å². The Balaban J connectivity index is 2.07. The molecule has 2 aromatic rings. The van der Waals surface area contributed by atoms with Crippen LogP contribution < -0.4 is 0 Å². The lowest BCUT2D eigenvalue weighted by molar-refractivity contribution is -0.394. The molecule has 146 valence electrons. The monoisotopic (exact) mass is 390 g/mol. The number of non-ortho nitro benzene ring substituents is 2. The smallest absolute Gasteiger partial charge is 0.258 e. The van der Waals surface area contributed by atoms with Gasteiger partial charge in [-0.05, 0) is 37.8 Å². The second kappa shape index (κ2) is 8.62. The van der Waals surface area contributed by atoms with E-state index in [0.29, 0.717) is 24.0 Å². The van der Waals surface area contributed by atoms with Gasteiger partial charge in [0.05, 0.1) is 31.8 Å². The van der Waals surface area contributed by atoms with Crippen LogP contribution in [-0.4, -0.2) is 19.7 Å². The number of rotatable bonds is 9. The third kappa shape index (κ3) is 4.81. The van der Waals surface area contributed by atoms with E-state index in [2.05, 4.69) is 0 Å². The Kier molecular flexibility index (Phi) is 6.26. The molecule has 0 radical (unpaired) electrons. The lowest BCUT2D eigenvalue weighted by atomic mass is 10.0. The number of nitro benzene ring substituents is 4. The quantitative estimate of drug-likeness (QED) is 0.352. The fourth-order valence-electron chi connectivity index (χ4n) is 2.73. The molecule has 0 bridgehead atoms. The van der Waals surface area contributed by atoms with Crippen LogP contribution in [0.3, 0.4) is 0 Å². The van der Waals surface area contributed by atoms with E-state index in [4.69, 9.17) is 0 Å². The first-order valence-corrected chi connectivity index (χ1v) is 8.04. The zero-order valence-electron chi connectivity index (χ0n) is 14.3. The van der Waals surface area contributed by atoms with Crippen LogP contribution in [0.4, 0.5) is 22.7 Å². The number of aryl methyl sites for hydroxylation is 2. The first kappa shape index (κ1) is 20.4. The highest BCUT2D eigenvalue weighted by atomic mass is 16.6. The molecule has 0 saturated heterocycles. The maximum Gasteiger partial charge on any atom is 0.279 e. The fraction of sp³-hybridized carbons (Fsp3) is 0.250. The Labute approximate surface area is 157 Å². The van der Waals surface area contributed by atoms with Crippen LogP contribution in [0.15, 0.2) is 36.4 Å². The van der Waals surface area contributed by atoms with Crippen molar-refractivity contribution in [3.63, 3.8) is 0 Å². The minimum Gasteiger partial charge on any atom is -0.258 e.